The van der Waals surface area contributed by atoms with Gasteiger partial charge in [0.25, 0.3) is 0 Å². The van der Waals surface area contributed by atoms with Crippen LogP contribution in [-0.4, -0.2) is 72.2 Å². The third-order valence-electron chi connectivity index (χ3n) is 8.13. The standard InChI is InChI=1S/C37H50FN11O5S/c1-21(2)17-28(33(52)47-27(32(39)51)6-3-15-44-36(40)41)48-35(54)30(19-23-9-13-25(14-10-23)45-37(42)43)49-34(53)29(18-22-7-11-24(38)12-8-22)46-31(50)20-26-5-4-16-55-26/h4-5,7-14,16,21,27-30H,3,6,15,17-20H2,1-2H3,(H2,39,51)(H,46,50)(H,47,52)(H,48,54)(H,49,53)(H4,40,41,44)(H4,42,43,45)/t27-,28-,29-,30-/m0/s1. The lowest BCUT2D eigenvalue weighted by molar-refractivity contribution is -0.134. The smallest absolute Gasteiger partial charge is 0.243 e. The maximum atomic E-state index is 14.1. The van der Waals surface area contributed by atoms with Gasteiger partial charge in [0, 0.05) is 24.3 Å². The number of primary amides is 1. The molecular weight excluding hydrogens is 730 g/mol. The van der Waals surface area contributed by atoms with Crippen LogP contribution < -0.4 is 49.9 Å². The summed E-state index contributed by atoms with van der Waals surface area (Å²) in [5, 5.41) is 12.7. The summed E-state index contributed by atoms with van der Waals surface area (Å²) in [4.78, 5) is 75.8. The van der Waals surface area contributed by atoms with E-state index in [0.717, 1.165) is 4.88 Å². The second-order valence-corrected chi connectivity index (χ2v) is 14.3. The fourth-order valence-electron chi connectivity index (χ4n) is 5.49. The molecule has 0 fully saturated rings. The Morgan fingerprint density at radius 2 is 1.25 bits per heavy atom. The summed E-state index contributed by atoms with van der Waals surface area (Å²) >= 11 is 1.38. The molecule has 0 saturated carbocycles. The van der Waals surface area contributed by atoms with Gasteiger partial charge < -0.3 is 49.9 Å². The number of nitrogens with zero attached hydrogens (tertiary/aromatic N) is 2. The predicted octanol–water partition coefficient (Wildman–Crippen LogP) is 0.344. The van der Waals surface area contributed by atoms with E-state index in [1.165, 1.54) is 35.6 Å². The molecule has 0 radical (unpaired) electrons. The Bertz CT molecular complexity index is 1790. The largest absolute Gasteiger partial charge is 0.370 e. The number of hydrogen-bond acceptors (Lipinski definition) is 8. The van der Waals surface area contributed by atoms with Gasteiger partial charge in [-0.2, -0.15) is 0 Å². The first kappa shape index (κ1) is 43.4. The Balaban J connectivity index is 1.90. The SMILES string of the molecule is CC(C)C[C@H](NC(=O)[C@H](Cc1ccc(N=C(N)N)cc1)NC(=O)[C@H](Cc1ccc(F)cc1)NC(=O)Cc1cccs1)C(=O)N[C@@H](CCCN=C(N)N)C(N)=O. The van der Waals surface area contributed by atoms with Crippen molar-refractivity contribution in [3.8, 4) is 0 Å². The second-order valence-electron chi connectivity index (χ2n) is 13.3. The van der Waals surface area contributed by atoms with E-state index >= 15 is 0 Å². The van der Waals surface area contributed by atoms with Crippen LogP contribution in [0.2, 0.25) is 0 Å². The van der Waals surface area contributed by atoms with Crippen molar-refractivity contribution in [1.29, 1.82) is 0 Å². The fraction of sp³-hybridized carbons (Fsp3) is 0.378. The summed E-state index contributed by atoms with van der Waals surface area (Å²) in [6.07, 6.45) is 0.617. The minimum atomic E-state index is -1.26. The number of nitrogens with one attached hydrogen (secondary N) is 4. The van der Waals surface area contributed by atoms with E-state index in [-0.39, 0.29) is 56.5 Å². The maximum Gasteiger partial charge on any atom is 0.243 e. The first-order valence-electron chi connectivity index (χ1n) is 17.6. The van der Waals surface area contributed by atoms with E-state index in [4.69, 9.17) is 28.7 Å². The molecule has 0 aliphatic heterocycles. The normalized spacial score (nSPS) is 13.0. The van der Waals surface area contributed by atoms with Gasteiger partial charge in [0.05, 0.1) is 12.1 Å². The van der Waals surface area contributed by atoms with E-state index in [0.29, 0.717) is 23.2 Å². The molecule has 1 heterocycles. The number of carbonyl (C=O) groups excluding carboxylic acids is 5. The van der Waals surface area contributed by atoms with Crippen molar-refractivity contribution in [1.82, 2.24) is 21.3 Å². The summed E-state index contributed by atoms with van der Waals surface area (Å²) < 4.78 is 13.7. The van der Waals surface area contributed by atoms with E-state index in [1.54, 1.807) is 36.4 Å². The van der Waals surface area contributed by atoms with Gasteiger partial charge in [-0.3, -0.25) is 29.0 Å². The number of aliphatic imine (C=N–C) groups is 2. The Morgan fingerprint density at radius 1 is 0.709 bits per heavy atom. The molecule has 14 N–H and O–H groups in total. The molecule has 2 aromatic carbocycles. The molecule has 55 heavy (non-hydrogen) atoms. The highest BCUT2D eigenvalue weighted by Gasteiger charge is 2.32. The van der Waals surface area contributed by atoms with Crippen molar-refractivity contribution in [2.75, 3.05) is 6.54 Å². The molecule has 3 rings (SSSR count). The molecule has 0 aliphatic rings. The van der Waals surface area contributed by atoms with Crippen molar-refractivity contribution in [2.45, 2.75) is 76.5 Å². The van der Waals surface area contributed by atoms with Gasteiger partial charge in [0.1, 0.15) is 30.0 Å². The summed E-state index contributed by atoms with van der Waals surface area (Å²) in [6.45, 7) is 3.91. The van der Waals surface area contributed by atoms with Gasteiger partial charge in [-0.15, -0.1) is 11.3 Å². The van der Waals surface area contributed by atoms with Crippen molar-refractivity contribution in [3.63, 3.8) is 0 Å². The third-order valence-corrected chi connectivity index (χ3v) is 9.01. The molecule has 5 amide bonds. The quantitative estimate of drug-likeness (QED) is 0.0409. The van der Waals surface area contributed by atoms with Crippen LogP contribution in [0.25, 0.3) is 0 Å². The van der Waals surface area contributed by atoms with Crippen molar-refractivity contribution in [3.05, 3.63) is 87.9 Å². The molecule has 3 aromatic rings. The number of rotatable bonds is 21. The predicted molar refractivity (Wildman–Crippen MR) is 210 cm³/mol. The van der Waals surface area contributed by atoms with Gasteiger partial charge >= 0.3 is 0 Å². The average Bonchev–Trinajstić information content (AvgIpc) is 3.62. The van der Waals surface area contributed by atoms with Crippen LogP contribution in [0, 0.1) is 11.7 Å². The molecule has 0 bridgehead atoms. The van der Waals surface area contributed by atoms with Crippen LogP contribution in [0.3, 0.4) is 0 Å². The highest BCUT2D eigenvalue weighted by molar-refractivity contribution is 7.10. The van der Waals surface area contributed by atoms with Gasteiger partial charge in [-0.05, 0) is 72.0 Å². The maximum absolute atomic E-state index is 14.1. The minimum absolute atomic E-state index is 0.0140. The molecular formula is C37H50FN11O5S. The molecule has 0 unspecified atom stereocenters. The summed E-state index contributed by atoms with van der Waals surface area (Å²) in [6, 6.07) is 11.0. The van der Waals surface area contributed by atoms with Crippen LogP contribution in [0.1, 0.15) is 49.1 Å². The zero-order valence-corrected chi connectivity index (χ0v) is 31.6. The Kier molecular flexibility index (Phi) is 17.0. The van der Waals surface area contributed by atoms with Crippen LogP contribution in [0.5, 0.6) is 0 Å². The molecule has 0 spiro atoms. The lowest BCUT2D eigenvalue weighted by Gasteiger charge is -2.27. The van der Waals surface area contributed by atoms with Crippen molar-refractivity contribution in [2.24, 2.45) is 44.6 Å². The molecule has 18 heteroatoms. The van der Waals surface area contributed by atoms with Gasteiger partial charge in [0.2, 0.25) is 29.5 Å². The van der Waals surface area contributed by atoms with E-state index in [9.17, 15) is 28.4 Å². The molecule has 0 saturated heterocycles. The van der Waals surface area contributed by atoms with E-state index < -0.39 is 59.5 Å². The average molecular weight is 780 g/mol. The number of benzene rings is 2. The topological polar surface area (TPSA) is 288 Å². The summed E-state index contributed by atoms with van der Waals surface area (Å²) in [7, 11) is 0. The molecule has 16 nitrogen and oxygen atoms in total. The number of nitrogens with two attached hydrogens (primary N) is 5. The first-order valence-corrected chi connectivity index (χ1v) is 18.5. The number of guanidine groups is 2. The zero-order valence-electron chi connectivity index (χ0n) is 30.8. The molecule has 4 atom stereocenters. The first-order chi connectivity index (χ1) is 26.1. The molecule has 1 aromatic heterocycles. The van der Waals surface area contributed by atoms with Crippen LogP contribution in [0.4, 0.5) is 10.1 Å². The third kappa shape index (κ3) is 15.8. The van der Waals surface area contributed by atoms with Crippen molar-refractivity contribution < 1.29 is 28.4 Å². The fourth-order valence-corrected chi connectivity index (χ4v) is 6.20. The highest BCUT2D eigenvalue weighted by atomic mass is 32.1. The van der Waals surface area contributed by atoms with Crippen LogP contribution >= 0.6 is 11.3 Å². The number of carbonyl (C=O) groups is 5. The number of halogens is 1. The summed E-state index contributed by atoms with van der Waals surface area (Å²) in [5.41, 5.74) is 28.9. The van der Waals surface area contributed by atoms with Gasteiger partial charge in [-0.1, -0.05) is 44.2 Å². The Morgan fingerprint density at radius 3 is 1.78 bits per heavy atom. The van der Waals surface area contributed by atoms with Gasteiger partial charge in [-0.25, -0.2) is 9.38 Å². The Hall–Kier alpha value is -6.04. The minimum Gasteiger partial charge on any atom is -0.370 e. The van der Waals surface area contributed by atoms with Crippen LogP contribution in [0.15, 0.2) is 76.0 Å². The second kappa shape index (κ2) is 21.6. The lowest BCUT2D eigenvalue weighted by Crippen LogP contribution is -2.59. The lowest BCUT2D eigenvalue weighted by atomic mass is 9.99. The highest BCUT2D eigenvalue weighted by Crippen LogP contribution is 2.16. The van der Waals surface area contributed by atoms with Gasteiger partial charge in [0.15, 0.2) is 11.9 Å². The number of amides is 5. The number of hydrogen-bond donors (Lipinski definition) is 9. The Labute approximate surface area is 323 Å². The number of thiophene rings is 1. The summed E-state index contributed by atoms with van der Waals surface area (Å²) in [5.74, 6) is -4.10. The van der Waals surface area contributed by atoms with E-state index in [1.807, 2.05) is 19.2 Å². The monoisotopic (exact) mass is 779 g/mol. The molecule has 296 valence electrons. The zero-order chi connectivity index (χ0) is 40.5. The van der Waals surface area contributed by atoms with Crippen molar-refractivity contribution >= 4 is 58.5 Å². The molecule has 0 aliphatic carbocycles. The van der Waals surface area contributed by atoms with Crippen LogP contribution in [-0.2, 0) is 43.2 Å². The van der Waals surface area contributed by atoms with E-state index in [2.05, 4.69) is 31.3 Å².